The van der Waals surface area contributed by atoms with Crippen molar-refractivity contribution in [1.29, 1.82) is 0 Å². The Morgan fingerprint density at radius 2 is 2.00 bits per heavy atom. The largest absolute Gasteiger partial charge is 0.496 e. The molecule has 0 saturated heterocycles. The zero-order valence-electron chi connectivity index (χ0n) is 10.9. The van der Waals surface area contributed by atoms with E-state index >= 15 is 0 Å². The summed E-state index contributed by atoms with van der Waals surface area (Å²) in [5, 5.41) is 0. The van der Waals surface area contributed by atoms with Crippen LogP contribution in [0.1, 0.15) is 23.7 Å². The molecule has 0 aromatic heterocycles. The molecule has 0 N–H and O–H groups in total. The van der Waals surface area contributed by atoms with Gasteiger partial charge in [-0.25, -0.2) is 4.39 Å². The molecule has 98 valence electrons. The Bertz CT molecular complexity index is 605. The van der Waals surface area contributed by atoms with Crippen LogP contribution >= 0.6 is 0 Å². The van der Waals surface area contributed by atoms with Crippen molar-refractivity contribution in [2.45, 2.75) is 13.3 Å². The zero-order valence-corrected chi connectivity index (χ0v) is 10.9. The van der Waals surface area contributed by atoms with Crippen LogP contribution < -0.4 is 4.74 Å². The van der Waals surface area contributed by atoms with Crippen molar-refractivity contribution < 1.29 is 13.9 Å². The van der Waals surface area contributed by atoms with Gasteiger partial charge in [0.2, 0.25) is 0 Å². The number of benzene rings is 2. The quantitative estimate of drug-likeness (QED) is 0.772. The van der Waals surface area contributed by atoms with E-state index in [9.17, 15) is 9.18 Å². The summed E-state index contributed by atoms with van der Waals surface area (Å²) in [5.74, 6) is 0.322. The third-order valence-electron chi connectivity index (χ3n) is 2.98. The van der Waals surface area contributed by atoms with Gasteiger partial charge in [0.1, 0.15) is 11.6 Å². The minimum absolute atomic E-state index is 0.0669. The van der Waals surface area contributed by atoms with E-state index in [0.29, 0.717) is 23.3 Å². The summed E-state index contributed by atoms with van der Waals surface area (Å²) in [6, 6.07) is 11.5. The summed E-state index contributed by atoms with van der Waals surface area (Å²) in [4.78, 5) is 11.7. The molecule has 2 nitrogen and oxygen atoms in total. The van der Waals surface area contributed by atoms with Gasteiger partial charge < -0.3 is 4.74 Å². The lowest BCUT2D eigenvalue weighted by molar-refractivity contribution is 0.0988. The minimum Gasteiger partial charge on any atom is -0.496 e. The summed E-state index contributed by atoms with van der Waals surface area (Å²) in [5.41, 5.74) is 2.05. The maximum atomic E-state index is 13.4. The molecule has 0 amide bonds. The van der Waals surface area contributed by atoms with Crippen LogP contribution in [0, 0.1) is 5.82 Å². The van der Waals surface area contributed by atoms with Crippen LogP contribution in [-0.4, -0.2) is 12.9 Å². The number of ether oxygens (including phenoxy) is 1. The van der Waals surface area contributed by atoms with Crippen LogP contribution in [0.5, 0.6) is 5.75 Å². The van der Waals surface area contributed by atoms with Crippen LogP contribution in [0.15, 0.2) is 42.5 Å². The van der Waals surface area contributed by atoms with E-state index in [1.807, 2.05) is 13.0 Å². The maximum absolute atomic E-state index is 13.4. The van der Waals surface area contributed by atoms with Crippen LogP contribution in [0.3, 0.4) is 0 Å². The lowest BCUT2D eigenvalue weighted by Crippen LogP contribution is -1.97. The monoisotopic (exact) mass is 258 g/mol. The molecule has 19 heavy (non-hydrogen) atoms. The minimum atomic E-state index is -0.331. The molecule has 0 saturated carbocycles. The maximum Gasteiger partial charge on any atom is 0.162 e. The van der Waals surface area contributed by atoms with Gasteiger partial charge >= 0.3 is 0 Å². The standard InChI is InChI=1S/C16H15FO2/c1-3-15(18)12-6-4-5-11(9-12)14-10-13(17)7-8-16(14)19-2/h4-10H,3H2,1-2H3. The number of hydrogen-bond acceptors (Lipinski definition) is 2. The molecule has 3 heteroatoms. The second kappa shape index (κ2) is 5.65. The number of ketones is 1. The van der Waals surface area contributed by atoms with Gasteiger partial charge in [0.25, 0.3) is 0 Å². The second-order valence-electron chi connectivity index (χ2n) is 4.20. The third kappa shape index (κ3) is 2.81. The van der Waals surface area contributed by atoms with Crippen LogP contribution in [0.4, 0.5) is 4.39 Å². The molecule has 0 radical (unpaired) electrons. The van der Waals surface area contributed by atoms with Gasteiger partial charge in [-0.1, -0.05) is 25.1 Å². The van der Waals surface area contributed by atoms with Crippen molar-refractivity contribution >= 4 is 5.78 Å². The van der Waals surface area contributed by atoms with Gasteiger partial charge in [-0.3, -0.25) is 4.79 Å². The van der Waals surface area contributed by atoms with Gasteiger partial charge in [-0.15, -0.1) is 0 Å². The molecule has 0 fully saturated rings. The molecule has 0 aliphatic rings. The number of halogens is 1. The van der Waals surface area contributed by atoms with Crippen LogP contribution in [-0.2, 0) is 0 Å². The van der Waals surface area contributed by atoms with Gasteiger partial charge in [0.15, 0.2) is 5.78 Å². The summed E-state index contributed by atoms with van der Waals surface area (Å²) in [6.07, 6.45) is 0.448. The summed E-state index contributed by atoms with van der Waals surface area (Å²) in [7, 11) is 1.54. The van der Waals surface area contributed by atoms with E-state index in [1.165, 1.54) is 19.2 Å². The van der Waals surface area contributed by atoms with Crippen molar-refractivity contribution in [2.75, 3.05) is 7.11 Å². The Morgan fingerprint density at radius 3 is 2.68 bits per heavy atom. The molecule has 0 aliphatic heterocycles. The Kier molecular flexibility index (Phi) is 3.95. The first kappa shape index (κ1) is 13.3. The molecule has 0 atom stereocenters. The molecule has 0 bridgehead atoms. The van der Waals surface area contributed by atoms with Gasteiger partial charge in [-0.05, 0) is 29.8 Å². The van der Waals surface area contributed by atoms with Crippen molar-refractivity contribution in [3.8, 4) is 16.9 Å². The molecule has 0 heterocycles. The van der Waals surface area contributed by atoms with Gasteiger partial charge in [-0.2, -0.15) is 0 Å². The zero-order chi connectivity index (χ0) is 13.8. The lowest BCUT2D eigenvalue weighted by atomic mass is 9.99. The molecule has 2 aromatic carbocycles. The molecular weight excluding hydrogens is 243 g/mol. The molecule has 2 rings (SSSR count). The molecule has 0 unspecified atom stereocenters. The Labute approximate surface area is 111 Å². The number of hydrogen-bond donors (Lipinski definition) is 0. The van der Waals surface area contributed by atoms with Gasteiger partial charge in [0, 0.05) is 17.5 Å². The van der Waals surface area contributed by atoms with Crippen LogP contribution in [0.25, 0.3) is 11.1 Å². The second-order valence-corrected chi connectivity index (χ2v) is 4.20. The Balaban J connectivity index is 2.52. The fraction of sp³-hybridized carbons (Fsp3) is 0.188. The Hall–Kier alpha value is -2.16. The number of carbonyl (C=O) groups excluding carboxylic acids is 1. The third-order valence-corrected chi connectivity index (χ3v) is 2.98. The Morgan fingerprint density at radius 1 is 1.21 bits per heavy atom. The molecule has 0 spiro atoms. The average Bonchev–Trinajstić information content (AvgIpc) is 2.46. The molecule has 0 aliphatic carbocycles. The lowest BCUT2D eigenvalue weighted by Gasteiger charge is -2.09. The number of methoxy groups -OCH3 is 1. The van der Waals surface area contributed by atoms with E-state index in [2.05, 4.69) is 0 Å². The predicted octanol–water partition coefficient (Wildman–Crippen LogP) is 4.09. The van der Waals surface area contributed by atoms with Gasteiger partial charge in [0.05, 0.1) is 7.11 Å². The first-order valence-corrected chi connectivity index (χ1v) is 6.13. The van der Waals surface area contributed by atoms with E-state index in [4.69, 9.17) is 4.74 Å². The first-order chi connectivity index (χ1) is 9.15. The highest BCUT2D eigenvalue weighted by molar-refractivity contribution is 5.97. The fourth-order valence-corrected chi connectivity index (χ4v) is 1.97. The highest BCUT2D eigenvalue weighted by atomic mass is 19.1. The predicted molar refractivity (Wildman–Crippen MR) is 73.0 cm³/mol. The smallest absolute Gasteiger partial charge is 0.162 e. The molecular formula is C16H15FO2. The molecule has 2 aromatic rings. The summed E-state index contributed by atoms with van der Waals surface area (Å²) in [6.45, 7) is 1.82. The first-order valence-electron chi connectivity index (χ1n) is 6.13. The number of Topliss-reactive ketones (excluding diaryl/α,β-unsaturated/α-hetero) is 1. The van der Waals surface area contributed by atoms with E-state index in [-0.39, 0.29) is 11.6 Å². The van der Waals surface area contributed by atoms with E-state index in [1.54, 1.807) is 24.3 Å². The summed E-state index contributed by atoms with van der Waals surface area (Å²) < 4.78 is 18.6. The van der Waals surface area contributed by atoms with Crippen molar-refractivity contribution in [1.82, 2.24) is 0 Å². The SMILES string of the molecule is CCC(=O)c1cccc(-c2cc(F)ccc2OC)c1. The normalized spacial score (nSPS) is 10.3. The van der Waals surface area contributed by atoms with Crippen molar-refractivity contribution in [3.05, 3.63) is 53.8 Å². The van der Waals surface area contributed by atoms with E-state index < -0.39 is 0 Å². The fourth-order valence-electron chi connectivity index (χ4n) is 1.97. The van der Waals surface area contributed by atoms with Crippen molar-refractivity contribution in [3.63, 3.8) is 0 Å². The van der Waals surface area contributed by atoms with E-state index in [0.717, 1.165) is 5.56 Å². The topological polar surface area (TPSA) is 26.3 Å². The van der Waals surface area contributed by atoms with Crippen LogP contribution in [0.2, 0.25) is 0 Å². The highest BCUT2D eigenvalue weighted by Crippen LogP contribution is 2.31. The summed E-state index contributed by atoms with van der Waals surface area (Å²) >= 11 is 0. The number of carbonyl (C=O) groups is 1. The number of rotatable bonds is 4. The average molecular weight is 258 g/mol. The van der Waals surface area contributed by atoms with Crippen molar-refractivity contribution in [2.24, 2.45) is 0 Å². The highest BCUT2D eigenvalue weighted by Gasteiger charge is 2.10.